The second kappa shape index (κ2) is 9.73. The quantitative estimate of drug-likeness (QED) is 0.596. The van der Waals surface area contributed by atoms with Crippen molar-refractivity contribution in [3.8, 4) is 0 Å². The average Bonchev–Trinajstić information content (AvgIpc) is 2.95. The Hall–Kier alpha value is -2.90. The van der Waals surface area contributed by atoms with Crippen LogP contribution < -0.4 is 16.0 Å². The number of amides is 5. The van der Waals surface area contributed by atoms with E-state index in [1.54, 1.807) is 12.1 Å². The summed E-state index contributed by atoms with van der Waals surface area (Å²) in [5.41, 5.74) is 1.55. The molecule has 2 atom stereocenters. The molecule has 1 saturated heterocycles. The highest BCUT2D eigenvalue weighted by molar-refractivity contribution is 6.05. The second-order valence-corrected chi connectivity index (χ2v) is 8.30. The third-order valence-corrected chi connectivity index (χ3v) is 5.62. The summed E-state index contributed by atoms with van der Waals surface area (Å²) < 4.78 is 0. The van der Waals surface area contributed by atoms with Gasteiger partial charge in [0.2, 0.25) is 17.7 Å². The van der Waals surface area contributed by atoms with E-state index in [1.807, 2.05) is 26.0 Å². The molecule has 0 radical (unpaired) electrons. The van der Waals surface area contributed by atoms with E-state index in [0.29, 0.717) is 12.2 Å². The number of nitrogens with one attached hydrogen (secondary N) is 3. The van der Waals surface area contributed by atoms with Crippen LogP contribution >= 0.6 is 0 Å². The summed E-state index contributed by atoms with van der Waals surface area (Å²) in [6.07, 6.45) is 3.65. The molecule has 1 aliphatic carbocycles. The smallest absolute Gasteiger partial charge is 0.319 e. The molecule has 8 heteroatoms. The number of imide groups is 1. The van der Waals surface area contributed by atoms with Crippen molar-refractivity contribution in [2.75, 3.05) is 11.9 Å². The highest BCUT2D eigenvalue weighted by Gasteiger charge is 2.47. The first kappa shape index (κ1) is 21.8. The van der Waals surface area contributed by atoms with E-state index in [0.717, 1.165) is 31.2 Å². The predicted molar refractivity (Wildman–Crippen MR) is 112 cm³/mol. The molecular formula is C22H30N4O4. The van der Waals surface area contributed by atoms with Crippen molar-refractivity contribution in [1.29, 1.82) is 0 Å². The molecule has 8 nitrogen and oxygen atoms in total. The molecule has 30 heavy (non-hydrogen) atoms. The van der Waals surface area contributed by atoms with E-state index in [4.69, 9.17) is 0 Å². The van der Waals surface area contributed by atoms with Gasteiger partial charge in [-0.3, -0.25) is 19.3 Å². The molecule has 0 spiro atoms. The summed E-state index contributed by atoms with van der Waals surface area (Å²) >= 11 is 0. The molecule has 2 fully saturated rings. The fraction of sp³-hybridized carbons (Fsp3) is 0.545. The van der Waals surface area contributed by atoms with E-state index in [2.05, 4.69) is 16.0 Å². The van der Waals surface area contributed by atoms with Crippen LogP contribution in [0.25, 0.3) is 0 Å². The van der Waals surface area contributed by atoms with Gasteiger partial charge in [-0.25, -0.2) is 4.79 Å². The zero-order valence-corrected chi connectivity index (χ0v) is 17.6. The maximum Gasteiger partial charge on any atom is 0.319 e. The largest absolute Gasteiger partial charge is 0.352 e. The maximum absolute atomic E-state index is 12.4. The van der Waals surface area contributed by atoms with Gasteiger partial charge in [0, 0.05) is 31.2 Å². The highest BCUT2D eigenvalue weighted by atomic mass is 16.2. The molecule has 2 aliphatic rings. The zero-order valence-electron chi connectivity index (χ0n) is 17.6. The third-order valence-electron chi connectivity index (χ3n) is 5.62. The van der Waals surface area contributed by atoms with Crippen LogP contribution in [0.3, 0.4) is 0 Å². The highest BCUT2D eigenvalue weighted by Crippen LogP contribution is 2.37. The molecule has 0 bridgehead atoms. The maximum atomic E-state index is 12.4. The molecule has 3 N–H and O–H groups in total. The molecule has 162 valence electrons. The lowest BCUT2D eigenvalue weighted by molar-refractivity contribution is -0.140. The van der Waals surface area contributed by atoms with Gasteiger partial charge in [-0.1, -0.05) is 25.0 Å². The van der Waals surface area contributed by atoms with E-state index in [9.17, 15) is 19.2 Å². The van der Waals surface area contributed by atoms with Gasteiger partial charge in [0.1, 0.15) is 0 Å². The molecule has 1 aromatic rings. The second-order valence-electron chi connectivity index (χ2n) is 8.30. The van der Waals surface area contributed by atoms with Gasteiger partial charge in [0.15, 0.2) is 0 Å². The lowest BCUT2D eigenvalue weighted by Crippen LogP contribution is -2.35. The van der Waals surface area contributed by atoms with Crippen LogP contribution in [0, 0.1) is 11.8 Å². The summed E-state index contributed by atoms with van der Waals surface area (Å²) in [5.74, 6) is -0.777. The molecule has 5 amide bonds. The number of hydrogen-bond donors (Lipinski definition) is 3. The van der Waals surface area contributed by atoms with Crippen molar-refractivity contribution in [1.82, 2.24) is 15.5 Å². The summed E-state index contributed by atoms with van der Waals surface area (Å²) in [6, 6.07) is 6.97. The Morgan fingerprint density at radius 1 is 1.03 bits per heavy atom. The number of likely N-dealkylation sites (tertiary alicyclic amines) is 1. The number of hydrogen-bond acceptors (Lipinski definition) is 4. The normalized spacial score (nSPS) is 20.8. The summed E-state index contributed by atoms with van der Waals surface area (Å²) in [6.45, 7) is 4.25. The third kappa shape index (κ3) is 5.37. The number of anilines is 1. The van der Waals surface area contributed by atoms with Crippen molar-refractivity contribution in [2.45, 2.75) is 58.5 Å². The zero-order chi connectivity index (χ0) is 21.7. The molecule has 2 unspecified atom stereocenters. The first-order chi connectivity index (χ1) is 14.3. The van der Waals surface area contributed by atoms with Gasteiger partial charge < -0.3 is 16.0 Å². The standard InChI is InChI=1S/C22H30N4O4/c1-14(2)24-22(30)25-16-9-7-15(8-10-16)13-23-19(27)11-12-26-20(28)17-5-3-4-6-18(17)21(26)29/h7-10,14,17-18H,3-6,11-13H2,1-2H3,(H,23,27)(H2,24,25,30). The summed E-state index contributed by atoms with van der Waals surface area (Å²) in [4.78, 5) is 50.1. The lowest BCUT2D eigenvalue weighted by atomic mass is 9.81. The van der Waals surface area contributed by atoms with Crippen molar-refractivity contribution >= 4 is 29.4 Å². The predicted octanol–water partition coefficient (Wildman–Crippen LogP) is 2.40. The molecule has 1 heterocycles. The van der Waals surface area contributed by atoms with Gasteiger partial charge >= 0.3 is 6.03 Å². The fourth-order valence-corrected chi connectivity index (χ4v) is 4.09. The van der Waals surface area contributed by atoms with Crippen LogP contribution in [0.1, 0.15) is 51.5 Å². The van der Waals surface area contributed by atoms with Crippen molar-refractivity contribution in [3.05, 3.63) is 29.8 Å². The fourth-order valence-electron chi connectivity index (χ4n) is 4.09. The van der Waals surface area contributed by atoms with Crippen molar-refractivity contribution < 1.29 is 19.2 Å². The van der Waals surface area contributed by atoms with E-state index < -0.39 is 0 Å². The van der Waals surface area contributed by atoms with Gasteiger partial charge in [-0.05, 0) is 44.4 Å². The number of carbonyl (C=O) groups excluding carboxylic acids is 4. The Morgan fingerprint density at radius 2 is 1.63 bits per heavy atom. The van der Waals surface area contributed by atoms with Gasteiger partial charge in [0.05, 0.1) is 11.8 Å². The number of benzene rings is 1. The van der Waals surface area contributed by atoms with Crippen LogP contribution in [-0.4, -0.2) is 41.2 Å². The Labute approximate surface area is 176 Å². The van der Waals surface area contributed by atoms with Crippen LogP contribution in [0.2, 0.25) is 0 Å². The van der Waals surface area contributed by atoms with E-state index in [-0.39, 0.29) is 54.6 Å². The Kier molecular flexibility index (Phi) is 7.07. The van der Waals surface area contributed by atoms with Gasteiger partial charge in [0.25, 0.3) is 0 Å². The van der Waals surface area contributed by atoms with Gasteiger partial charge in [-0.2, -0.15) is 0 Å². The van der Waals surface area contributed by atoms with Gasteiger partial charge in [-0.15, -0.1) is 0 Å². The number of nitrogens with zero attached hydrogens (tertiary/aromatic N) is 1. The lowest BCUT2D eigenvalue weighted by Gasteiger charge is -2.19. The number of urea groups is 1. The Morgan fingerprint density at radius 3 is 2.20 bits per heavy atom. The Bertz CT molecular complexity index is 782. The van der Waals surface area contributed by atoms with Crippen LogP contribution in [0.4, 0.5) is 10.5 Å². The minimum atomic E-state index is -0.267. The average molecular weight is 415 g/mol. The summed E-state index contributed by atoms with van der Waals surface area (Å²) in [7, 11) is 0. The topological polar surface area (TPSA) is 108 Å². The molecule has 0 aromatic heterocycles. The van der Waals surface area contributed by atoms with E-state index >= 15 is 0 Å². The molecular weight excluding hydrogens is 384 g/mol. The van der Waals surface area contributed by atoms with E-state index in [1.165, 1.54) is 4.90 Å². The van der Waals surface area contributed by atoms with Crippen LogP contribution in [0.15, 0.2) is 24.3 Å². The first-order valence-corrected chi connectivity index (χ1v) is 10.6. The monoisotopic (exact) mass is 414 g/mol. The Balaban J connectivity index is 1.42. The number of rotatable bonds is 7. The first-order valence-electron chi connectivity index (χ1n) is 10.6. The van der Waals surface area contributed by atoms with Crippen LogP contribution in [0.5, 0.6) is 0 Å². The van der Waals surface area contributed by atoms with Crippen molar-refractivity contribution in [2.24, 2.45) is 11.8 Å². The van der Waals surface area contributed by atoms with Crippen LogP contribution in [-0.2, 0) is 20.9 Å². The number of fused-ring (bicyclic) bond motifs is 1. The van der Waals surface area contributed by atoms with Crippen molar-refractivity contribution in [3.63, 3.8) is 0 Å². The summed E-state index contributed by atoms with van der Waals surface area (Å²) in [5, 5.41) is 8.30. The molecule has 1 aromatic carbocycles. The molecule has 1 saturated carbocycles. The number of carbonyl (C=O) groups is 4. The molecule has 1 aliphatic heterocycles. The minimum absolute atomic E-state index is 0.0506. The SMILES string of the molecule is CC(C)NC(=O)Nc1ccc(CNC(=O)CCN2C(=O)C3CCCCC3C2=O)cc1. The minimum Gasteiger partial charge on any atom is -0.352 e. The molecule has 3 rings (SSSR count).